The highest BCUT2D eigenvalue weighted by Crippen LogP contribution is 2.37. The molecule has 0 aliphatic heterocycles. The first-order valence-corrected chi connectivity index (χ1v) is 11.3. The van der Waals surface area contributed by atoms with E-state index in [1.165, 1.54) is 23.1 Å². The molecule has 1 N–H and O–H groups in total. The summed E-state index contributed by atoms with van der Waals surface area (Å²) in [7, 11) is 0. The molecule has 0 bridgehead atoms. The van der Waals surface area contributed by atoms with Crippen molar-refractivity contribution >= 4 is 34.0 Å². The van der Waals surface area contributed by atoms with Gasteiger partial charge in [0.1, 0.15) is 23.2 Å². The molecule has 0 radical (unpaired) electrons. The van der Waals surface area contributed by atoms with E-state index >= 15 is 0 Å². The number of carbonyl (C=O) groups excluding carboxylic acids is 1. The minimum atomic E-state index is -0.386. The molecule has 9 heteroatoms. The molecule has 0 saturated carbocycles. The first-order valence-electron chi connectivity index (χ1n) is 9.58. The molecular weight excluding hydrogens is 406 g/mol. The Morgan fingerprint density at radius 3 is 3.10 bits per heavy atom. The van der Waals surface area contributed by atoms with E-state index in [4.69, 9.17) is 4.42 Å². The zero-order chi connectivity index (χ0) is 20.2. The van der Waals surface area contributed by atoms with Gasteiger partial charge in [-0.1, -0.05) is 18.2 Å². The van der Waals surface area contributed by atoms with Crippen LogP contribution in [0.4, 0.5) is 5.00 Å². The van der Waals surface area contributed by atoms with Crippen molar-refractivity contribution < 1.29 is 9.21 Å². The molecule has 0 aromatic carbocycles. The molecular formula is C20H21N5O2S2. The Balaban J connectivity index is 1.45. The van der Waals surface area contributed by atoms with Gasteiger partial charge in [0.2, 0.25) is 5.91 Å². The number of aromatic nitrogens is 3. The standard InChI is InChI=1S/C20H21N5O2S2/c1-13(28-20-24-22-12-25(20)11-14-6-5-9-27-14)18(26)23-19-16(10-21)15-7-3-2-4-8-17(15)29-19/h5-6,9,12-13H,2-4,7-8,11H2,1H3,(H,23,26). The number of nitrogens with zero attached hydrogens (tertiary/aromatic N) is 4. The van der Waals surface area contributed by atoms with E-state index in [-0.39, 0.29) is 11.2 Å². The van der Waals surface area contributed by atoms with Crippen LogP contribution in [0.5, 0.6) is 0 Å². The number of anilines is 1. The van der Waals surface area contributed by atoms with Crippen LogP contribution in [0.1, 0.15) is 48.0 Å². The van der Waals surface area contributed by atoms with E-state index in [1.54, 1.807) is 23.9 Å². The topological polar surface area (TPSA) is 96.7 Å². The van der Waals surface area contributed by atoms with Crippen LogP contribution in [0.25, 0.3) is 0 Å². The molecule has 3 heterocycles. The van der Waals surface area contributed by atoms with Gasteiger partial charge in [-0.2, -0.15) is 5.26 Å². The number of nitriles is 1. The van der Waals surface area contributed by atoms with Gasteiger partial charge in [0.15, 0.2) is 5.16 Å². The van der Waals surface area contributed by atoms with Gasteiger partial charge in [-0.15, -0.1) is 21.5 Å². The second-order valence-electron chi connectivity index (χ2n) is 6.95. The molecule has 0 saturated heterocycles. The summed E-state index contributed by atoms with van der Waals surface area (Å²) >= 11 is 2.89. The summed E-state index contributed by atoms with van der Waals surface area (Å²) in [6.07, 6.45) is 8.60. The van der Waals surface area contributed by atoms with Crippen molar-refractivity contribution in [3.8, 4) is 6.07 Å². The molecule has 1 amide bonds. The lowest BCUT2D eigenvalue weighted by molar-refractivity contribution is -0.115. The van der Waals surface area contributed by atoms with Crippen molar-refractivity contribution in [2.45, 2.75) is 56.0 Å². The number of thioether (sulfide) groups is 1. The number of nitrogens with one attached hydrogen (secondary N) is 1. The van der Waals surface area contributed by atoms with Crippen LogP contribution in [-0.2, 0) is 24.2 Å². The molecule has 3 aromatic rings. The van der Waals surface area contributed by atoms with Gasteiger partial charge in [-0.3, -0.25) is 4.79 Å². The lowest BCUT2D eigenvalue weighted by Gasteiger charge is -2.11. The second-order valence-corrected chi connectivity index (χ2v) is 9.36. The van der Waals surface area contributed by atoms with Gasteiger partial charge in [0, 0.05) is 4.88 Å². The molecule has 1 atom stereocenters. The number of furan rings is 1. The molecule has 0 spiro atoms. The normalized spacial score (nSPS) is 14.6. The van der Waals surface area contributed by atoms with E-state index < -0.39 is 0 Å². The van der Waals surface area contributed by atoms with E-state index in [2.05, 4.69) is 21.6 Å². The number of carbonyl (C=O) groups is 1. The maximum atomic E-state index is 12.8. The minimum Gasteiger partial charge on any atom is -0.467 e. The molecule has 150 valence electrons. The molecule has 3 aromatic heterocycles. The number of rotatable bonds is 6. The van der Waals surface area contributed by atoms with Gasteiger partial charge in [0.25, 0.3) is 0 Å². The zero-order valence-electron chi connectivity index (χ0n) is 16.1. The maximum absolute atomic E-state index is 12.8. The highest BCUT2D eigenvalue weighted by atomic mass is 32.2. The third-order valence-electron chi connectivity index (χ3n) is 4.91. The van der Waals surface area contributed by atoms with Crippen molar-refractivity contribution in [3.63, 3.8) is 0 Å². The summed E-state index contributed by atoms with van der Waals surface area (Å²) in [5.74, 6) is 0.651. The minimum absolute atomic E-state index is 0.143. The fourth-order valence-corrected chi connectivity index (χ4v) is 5.45. The van der Waals surface area contributed by atoms with Crippen LogP contribution >= 0.6 is 23.1 Å². The lowest BCUT2D eigenvalue weighted by Crippen LogP contribution is -2.23. The predicted octanol–water partition coefficient (Wildman–Crippen LogP) is 4.24. The highest BCUT2D eigenvalue weighted by molar-refractivity contribution is 8.00. The average Bonchev–Trinajstić information content (AvgIpc) is 3.41. The Hall–Kier alpha value is -2.57. The number of amides is 1. The first-order chi connectivity index (χ1) is 14.2. The van der Waals surface area contributed by atoms with Crippen molar-refractivity contribution in [2.24, 2.45) is 0 Å². The molecule has 1 unspecified atom stereocenters. The molecule has 1 aliphatic rings. The zero-order valence-corrected chi connectivity index (χ0v) is 17.7. The lowest BCUT2D eigenvalue weighted by atomic mass is 10.1. The van der Waals surface area contributed by atoms with Crippen molar-refractivity contribution in [3.05, 3.63) is 46.5 Å². The molecule has 0 fully saturated rings. The molecule has 4 rings (SSSR count). The highest BCUT2D eigenvalue weighted by Gasteiger charge is 2.24. The van der Waals surface area contributed by atoms with Crippen LogP contribution in [0, 0.1) is 11.3 Å². The summed E-state index contributed by atoms with van der Waals surface area (Å²) in [5.41, 5.74) is 1.77. The van der Waals surface area contributed by atoms with Crippen LogP contribution in [0.15, 0.2) is 34.3 Å². The van der Waals surface area contributed by atoms with Crippen LogP contribution < -0.4 is 5.32 Å². The number of fused-ring (bicyclic) bond motifs is 1. The fraction of sp³-hybridized carbons (Fsp3) is 0.400. The van der Waals surface area contributed by atoms with Crippen molar-refractivity contribution in [2.75, 3.05) is 5.32 Å². The third-order valence-corrected chi connectivity index (χ3v) is 7.21. The fourth-order valence-electron chi connectivity index (χ4n) is 3.39. The Bertz CT molecular complexity index is 1030. The first kappa shape index (κ1) is 19.7. The Labute approximate surface area is 177 Å². The summed E-state index contributed by atoms with van der Waals surface area (Å²) in [4.78, 5) is 14.0. The maximum Gasteiger partial charge on any atom is 0.238 e. The van der Waals surface area contributed by atoms with Gasteiger partial charge in [-0.05, 0) is 50.3 Å². The van der Waals surface area contributed by atoms with Crippen LogP contribution in [-0.4, -0.2) is 25.9 Å². The number of hydrogen-bond acceptors (Lipinski definition) is 7. The quantitative estimate of drug-likeness (QED) is 0.467. The smallest absolute Gasteiger partial charge is 0.238 e. The number of hydrogen-bond donors (Lipinski definition) is 1. The van der Waals surface area contributed by atoms with E-state index in [0.29, 0.717) is 22.3 Å². The number of aryl methyl sites for hydroxylation is 1. The molecule has 1 aliphatic carbocycles. The molecule has 29 heavy (non-hydrogen) atoms. The van der Waals surface area contributed by atoms with E-state index in [1.807, 2.05) is 23.6 Å². The third kappa shape index (κ3) is 4.38. The van der Waals surface area contributed by atoms with Crippen molar-refractivity contribution in [1.82, 2.24) is 14.8 Å². The summed E-state index contributed by atoms with van der Waals surface area (Å²) in [6.45, 7) is 2.34. The van der Waals surface area contributed by atoms with Crippen molar-refractivity contribution in [1.29, 1.82) is 5.26 Å². The van der Waals surface area contributed by atoms with E-state index in [0.717, 1.165) is 37.0 Å². The summed E-state index contributed by atoms with van der Waals surface area (Å²) in [5, 5.41) is 21.6. The predicted molar refractivity (Wildman–Crippen MR) is 112 cm³/mol. The summed E-state index contributed by atoms with van der Waals surface area (Å²) < 4.78 is 7.22. The molecule has 7 nitrogen and oxygen atoms in total. The van der Waals surface area contributed by atoms with Gasteiger partial charge in [-0.25, -0.2) is 0 Å². The SMILES string of the molecule is CC(Sc1nncn1Cc1ccco1)C(=O)Nc1sc2c(c1C#N)CCCCC2. The second kappa shape index (κ2) is 8.84. The van der Waals surface area contributed by atoms with Gasteiger partial charge in [0.05, 0.1) is 23.6 Å². The van der Waals surface area contributed by atoms with E-state index in [9.17, 15) is 10.1 Å². The Morgan fingerprint density at radius 2 is 2.31 bits per heavy atom. The largest absolute Gasteiger partial charge is 0.467 e. The summed E-state index contributed by atoms with van der Waals surface area (Å²) in [6, 6.07) is 6.02. The number of thiophene rings is 1. The Kier molecular flexibility index (Phi) is 6.02. The van der Waals surface area contributed by atoms with Gasteiger partial charge >= 0.3 is 0 Å². The van der Waals surface area contributed by atoms with Crippen LogP contribution in [0.2, 0.25) is 0 Å². The van der Waals surface area contributed by atoms with Crippen LogP contribution in [0.3, 0.4) is 0 Å². The average molecular weight is 428 g/mol. The Morgan fingerprint density at radius 1 is 1.45 bits per heavy atom. The van der Waals surface area contributed by atoms with Gasteiger partial charge < -0.3 is 14.3 Å². The monoisotopic (exact) mass is 427 g/mol.